The molecule has 0 fully saturated rings. The maximum Gasteiger partial charge on any atom is 0.335 e. The lowest BCUT2D eigenvalue weighted by Crippen LogP contribution is -2.08. The molecule has 0 bridgehead atoms. The van der Waals surface area contributed by atoms with Gasteiger partial charge < -0.3 is 9.84 Å². The first-order valence-electron chi connectivity index (χ1n) is 4.74. The summed E-state index contributed by atoms with van der Waals surface area (Å²) in [6.45, 7) is 3.42. The van der Waals surface area contributed by atoms with Crippen LogP contribution in [0.2, 0.25) is 0 Å². The number of benzene rings is 1. The van der Waals surface area contributed by atoms with Gasteiger partial charge in [0.05, 0.1) is 17.2 Å². The molecule has 0 aromatic heterocycles. The van der Waals surface area contributed by atoms with Crippen molar-refractivity contribution in [1.29, 1.82) is 0 Å². The molecule has 88 valence electrons. The maximum absolute atomic E-state index is 12.6. The summed E-state index contributed by atoms with van der Waals surface area (Å²) in [6.07, 6.45) is -3.00. The molecule has 0 aliphatic heterocycles. The van der Waals surface area contributed by atoms with Crippen molar-refractivity contribution in [1.82, 2.24) is 0 Å². The van der Waals surface area contributed by atoms with Gasteiger partial charge in [-0.2, -0.15) is 0 Å². The second kappa shape index (κ2) is 4.92. The van der Waals surface area contributed by atoms with E-state index in [2.05, 4.69) is 0 Å². The average Bonchev–Trinajstić information content (AvgIpc) is 2.16. The molecule has 0 radical (unpaired) electrons. The highest BCUT2D eigenvalue weighted by atomic mass is 19.3. The molecule has 0 saturated heterocycles. The van der Waals surface area contributed by atoms with Crippen LogP contribution in [0.1, 0.15) is 36.2 Å². The minimum atomic E-state index is -2.76. The Labute approximate surface area is 91.7 Å². The Hall–Kier alpha value is -1.65. The Morgan fingerprint density at radius 3 is 2.44 bits per heavy atom. The van der Waals surface area contributed by atoms with Gasteiger partial charge in [-0.05, 0) is 32.0 Å². The first-order valence-corrected chi connectivity index (χ1v) is 4.74. The summed E-state index contributed by atoms with van der Waals surface area (Å²) < 4.78 is 30.5. The van der Waals surface area contributed by atoms with Crippen LogP contribution in [-0.2, 0) is 0 Å². The van der Waals surface area contributed by atoms with Gasteiger partial charge in [0.25, 0.3) is 6.43 Å². The van der Waals surface area contributed by atoms with Gasteiger partial charge in [-0.15, -0.1) is 0 Å². The van der Waals surface area contributed by atoms with Gasteiger partial charge in [0.1, 0.15) is 5.75 Å². The third-order valence-electron chi connectivity index (χ3n) is 1.85. The van der Waals surface area contributed by atoms with Crippen molar-refractivity contribution in [2.45, 2.75) is 26.4 Å². The minimum Gasteiger partial charge on any atom is -0.491 e. The van der Waals surface area contributed by atoms with Crippen molar-refractivity contribution in [2.24, 2.45) is 0 Å². The Kier molecular flexibility index (Phi) is 3.82. The maximum atomic E-state index is 12.6. The van der Waals surface area contributed by atoms with Crippen molar-refractivity contribution in [3.63, 3.8) is 0 Å². The summed E-state index contributed by atoms with van der Waals surface area (Å²) in [4.78, 5) is 10.6. The van der Waals surface area contributed by atoms with Crippen LogP contribution >= 0.6 is 0 Å². The zero-order valence-electron chi connectivity index (χ0n) is 8.91. The van der Waals surface area contributed by atoms with E-state index < -0.39 is 18.0 Å². The molecule has 16 heavy (non-hydrogen) atoms. The van der Waals surface area contributed by atoms with Crippen LogP contribution in [0.4, 0.5) is 8.78 Å². The number of ether oxygens (including phenoxy) is 1. The predicted molar refractivity (Wildman–Crippen MR) is 54.1 cm³/mol. The van der Waals surface area contributed by atoms with Gasteiger partial charge in [-0.3, -0.25) is 0 Å². The molecule has 0 heterocycles. The Morgan fingerprint density at radius 2 is 2.00 bits per heavy atom. The normalized spacial score (nSPS) is 10.9. The van der Waals surface area contributed by atoms with E-state index in [1.807, 2.05) is 0 Å². The second-order valence-electron chi connectivity index (χ2n) is 3.53. The van der Waals surface area contributed by atoms with E-state index in [1.54, 1.807) is 13.8 Å². The van der Waals surface area contributed by atoms with Crippen molar-refractivity contribution >= 4 is 5.97 Å². The van der Waals surface area contributed by atoms with E-state index in [9.17, 15) is 13.6 Å². The summed E-state index contributed by atoms with van der Waals surface area (Å²) >= 11 is 0. The number of carboxylic acids is 1. The Bertz CT molecular complexity index is 389. The summed E-state index contributed by atoms with van der Waals surface area (Å²) in [5.41, 5.74) is -0.569. The molecule has 1 aromatic carbocycles. The number of halogens is 2. The van der Waals surface area contributed by atoms with E-state index in [4.69, 9.17) is 9.84 Å². The Morgan fingerprint density at radius 1 is 1.38 bits per heavy atom. The fourth-order valence-electron chi connectivity index (χ4n) is 1.21. The molecule has 0 aliphatic carbocycles. The highest BCUT2D eigenvalue weighted by Gasteiger charge is 2.17. The quantitative estimate of drug-likeness (QED) is 0.864. The van der Waals surface area contributed by atoms with Crippen LogP contribution in [-0.4, -0.2) is 17.2 Å². The largest absolute Gasteiger partial charge is 0.491 e. The lowest BCUT2D eigenvalue weighted by atomic mass is 10.1. The molecule has 3 nitrogen and oxygen atoms in total. The summed E-state index contributed by atoms with van der Waals surface area (Å²) in [6, 6.07) is 3.43. The summed E-state index contributed by atoms with van der Waals surface area (Å²) in [5.74, 6) is -1.21. The molecule has 0 amide bonds. The van der Waals surface area contributed by atoms with Crippen LogP contribution in [0.15, 0.2) is 18.2 Å². The number of alkyl halides is 2. The SMILES string of the molecule is CC(C)Oc1ccc(C(=O)O)cc1C(F)F. The van der Waals surface area contributed by atoms with Crippen LogP contribution < -0.4 is 4.74 Å². The number of hydrogen-bond donors (Lipinski definition) is 1. The minimum absolute atomic E-state index is 0.0231. The number of rotatable bonds is 4. The molecule has 1 N–H and O–H groups in total. The zero-order chi connectivity index (χ0) is 12.3. The molecule has 1 aromatic rings. The van der Waals surface area contributed by atoms with Gasteiger partial charge in [-0.1, -0.05) is 0 Å². The van der Waals surface area contributed by atoms with Gasteiger partial charge in [-0.25, -0.2) is 13.6 Å². The molecule has 0 atom stereocenters. The van der Waals surface area contributed by atoms with E-state index >= 15 is 0 Å². The number of carbonyl (C=O) groups is 1. The van der Waals surface area contributed by atoms with Gasteiger partial charge >= 0.3 is 5.97 Å². The summed E-state index contributed by atoms with van der Waals surface area (Å²) in [7, 11) is 0. The van der Waals surface area contributed by atoms with E-state index in [0.717, 1.165) is 6.07 Å². The van der Waals surface area contributed by atoms with Gasteiger partial charge in [0.2, 0.25) is 0 Å². The molecule has 0 spiro atoms. The van der Waals surface area contributed by atoms with Crippen molar-refractivity contribution in [2.75, 3.05) is 0 Å². The van der Waals surface area contributed by atoms with Crippen LogP contribution in [0.3, 0.4) is 0 Å². The van der Waals surface area contributed by atoms with Gasteiger partial charge in [0, 0.05) is 0 Å². The smallest absolute Gasteiger partial charge is 0.335 e. The molecular weight excluding hydrogens is 218 g/mol. The number of carboxylic acid groups (broad SMARTS) is 1. The fraction of sp³-hybridized carbons (Fsp3) is 0.364. The number of aromatic carboxylic acids is 1. The third-order valence-corrected chi connectivity index (χ3v) is 1.85. The standard InChI is InChI=1S/C11H12F2O3/c1-6(2)16-9-4-3-7(11(14)15)5-8(9)10(12)13/h3-6,10H,1-2H3,(H,14,15). The molecule has 5 heteroatoms. The van der Waals surface area contributed by atoms with E-state index in [0.29, 0.717) is 0 Å². The van der Waals surface area contributed by atoms with E-state index in [1.165, 1.54) is 12.1 Å². The van der Waals surface area contributed by atoms with Crippen LogP contribution in [0.25, 0.3) is 0 Å². The Balaban J connectivity index is 3.14. The first kappa shape index (κ1) is 12.4. The lowest BCUT2D eigenvalue weighted by molar-refractivity contribution is 0.0696. The highest BCUT2D eigenvalue weighted by Crippen LogP contribution is 2.30. The van der Waals surface area contributed by atoms with Crippen molar-refractivity contribution in [3.05, 3.63) is 29.3 Å². The average molecular weight is 230 g/mol. The third kappa shape index (κ3) is 2.92. The molecular formula is C11H12F2O3. The lowest BCUT2D eigenvalue weighted by Gasteiger charge is -2.14. The molecule has 0 unspecified atom stereocenters. The second-order valence-corrected chi connectivity index (χ2v) is 3.53. The first-order chi connectivity index (χ1) is 7.41. The molecule has 0 aliphatic rings. The van der Waals surface area contributed by atoms with Crippen molar-refractivity contribution < 1.29 is 23.4 Å². The molecule has 1 rings (SSSR count). The zero-order valence-corrected chi connectivity index (χ0v) is 8.91. The van der Waals surface area contributed by atoms with Crippen LogP contribution in [0.5, 0.6) is 5.75 Å². The van der Waals surface area contributed by atoms with Gasteiger partial charge in [0.15, 0.2) is 0 Å². The van der Waals surface area contributed by atoms with E-state index in [-0.39, 0.29) is 17.4 Å². The van der Waals surface area contributed by atoms with Crippen LogP contribution in [0, 0.1) is 0 Å². The molecule has 0 saturated carbocycles. The highest BCUT2D eigenvalue weighted by molar-refractivity contribution is 5.88. The van der Waals surface area contributed by atoms with Crippen molar-refractivity contribution in [3.8, 4) is 5.75 Å². The predicted octanol–water partition coefficient (Wildman–Crippen LogP) is 3.11. The summed E-state index contributed by atoms with van der Waals surface area (Å²) in [5, 5.41) is 8.68. The topological polar surface area (TPSA) is 46.5 Å². The number of hydrogen-bond acceptors (Lipinski definition) is 2. The monoisotopic (exact) mass is 230 g/mol. The fourth-order valence-corrected chi connectivity index (χ4v) is 1.21.